The summed E-state index contributed by atoms with van der Waals surface area (Å²) in [7, 11) is 2.25. The van der Waals surface area contributed by atoms with Gasteiger partial charge in [-0.1, -0.05) is 6.92 Å². The van der Waals surface area contributed by atoms with Gasteiger partial charge in [0.05, 0.1) is 11.7 Å². The van der Waals surface area contributed by atoms with Gasteiger partial charge in [-0.2, -0.15) is 0 Å². The van der Waals surface area contributed by atoms with Gasteiger partial charge in [0.1, 0.15) is 5.01 Å². The summed E-state index contributed by atoms with van der Waals surface area (Å²) in [4.78, 5) is 8.79. The van der Waals surface area contributed by atoms with E-state index >= 15 is 0 Å². The van der Waals surface area contributed by atoms with Gasteiger partial charge in [0.25, 0.3) is 0 Å². The molecule has 16 heavy (non-hydrogen) atoms. The van der Waals surface area contributed by atoms with Gasteiger partial charge < -0.3 is 5.73 Å². The molecular formula is C12H19N3S. The van der Waals surface area contributed by atoms with Gasteiger partial charge >= 0.3 is 0 Å². The number of thiazole rings is 1. The van der Waals surface area contributed by atoms with Crippen molar-refractivity contribution in [3.8, 4) is 0 Å². The lowest BCUT2D eigenvalue weighted by molar-refractivity contribution is 0.226. The summed E-state index contributed by atoms with van der Waals surface area (Å²) in [5.74, 6) is 0. The van der Waals surface area contributed by atoms with E-state index < -0.39 is 0 Å². The summed E-state index contributed by atoms with van der Waals surface area (Å²) in [6.07, 6.45) is 4.75. The van der Waals surface area contributed by atoms with Crippen molar-refractivity contribution in [2.24, 2.45) is 5.73 Å². The highest BCUT2D eigenvalue weighted by Crippen LogP contribution is 2.45. The first-order chi connectivity index (χ1) is 7.70. The van der Waals surface area contributed by atoms with E-state index in [4.69, 9.17) is 10.7 Å². The van der Waals surface area contributed by atoms with Crippen molar-refractivity contribution in [1.29, 1.82) is 0 Å². The van der Waals surface area contributed by atoms with Crippen molar-refractivity contribution in [2.45, 2.75) is 50.7 Å². The van der Waals surface area contributed by atoms with Crippen LogP contribution in [0.15, 0.2) is 0 Å². The van der Waals surface area contributed by atoms with Gasteiger partial charge in [-0.25, -0.2) is 4.98 Å². The Morgan fingerprint density at radius 3 is 3.12 bits per heavy atom. The number of nitrogens with zero attached hydrogens (tertiary/aromatic N) is 2. The number of nitrogens with two attached hydrogens (primary N) is 1. The molecule has 2 N–H and O–H groups in total. The molecule has 3 heterocycles. The molecule has 0 saturated carbocycles. The normalized spacial score (nSPS) is 30.4. The Kier molecular flexibility index (Phi) is 2.53. The Hall–Kier alpha value is -0.450. The lowest BCUT2D eigenvalue weighted by Crippen LogP contribution is -2.33. The maximum absolute atomic E-state index is 6.07. The van der Waals surface area contributed by atoms with E-state index in [1.165, 1.54) is 23.4 Å². The molecule has 0 amide bonds. The second kappa shape index (κ2) is 3.79. The zero-order chi connectivity index (χ0) is 11.3. The molecule has 0 spiro atoms. The fourth-order valence-electron chi connectivity index (χ4n) is 2.92. The number of hydrogen-bond donors (Lipinski definition) is 1. The fourth-order valence-corrected chi connectivity index (χ4v) is 4.29. The first-order valence-electron chi connectivity index (χ1n) is 6.17. The molecule has 88 valence electrons. The molecule has 2 aliphatic rings. The Balaban J connectivity index is 1.97. The van der Waals surface area contributed by atoms with Crippen molar-refractivity contribution in [3.05, 3.63) is 15.6 Å². The molecule has 4 heteroatoms. The molecule has 3 unspecified atom stereocenters. The molecule has 3 rings (SSSR count). The van der Waals surface area contributed by atoms with E-state index in [9.17, 15) is 0 Å². The number of aromatic nitrogens is 1. The van der Waals surface area contributed by atoms with Crippen molar-refractivity contribution < 1.29 is 0 Å². The quantitative estimate of drug-likeness (QED) is 0.858. The van der Waals surface area contributed by atoms with Crippen LogP contribution in [0.5, 0.6) is 0 Å². The lowest BCUT2D eigenvalue weighted by atomic mass is 10.1. The highest BCUT2D eigenvalue weighted by Gasteiger charge is 2.39. The molecule has 1 aromatic rings. The predicted molar refractivity (Wildman–Crippen MR) is 66.6 cm³/mol. The van der Waals surface area contributed by atoms with Crippen LogP contribution >= 0.6 is 11.3 Å². The number of rotatable bonds is 2. The zero-order valence-electron chi connectivity index (χ0n) is 9.94. The third-order valence-electron chi connectivity index (χ3n) is 4.07. The lowest BCUT2D eigenvalue weighted by Gasteiger charge is -2.29. The Morgan fingerprint density at radius 1 is 1.56 bits per heavy atom. The van der Waals surface area contributed by atoms with Gasteiger partial charge in [0.2, 0.25) is 0 Å². The van der Waals surface area contributed by atoms with E-state index in [0.717, 1.165) is 23.9 Å². The SMILES string of the molecule is CCC(N)c1nc2c(s1)C1CCC(C2)N1C. The topological polar surface area (TPSA) is 42.1 Å². The molecule has 0 radical (unpaired) electrons. The van der Waals surface area contributed by atoms with Crippen LogP contribution in [-0.2, 0) is 6.42 Å². The van der Waals surface area contributed by atoms with Crippen LogP contribution < -0.4 is 5.73 Å². The summed E-state index contributed by atoms with van der Waals surface area (Å²) in [5.41, 5.74) is 7.42. The van der Waals surface area contributed by atoms with Gasteiger partial charge in [-0.3, -0.25) is 4.90 Å². The molecule has 0 aromatic carbocycles. The third kappa shape index (κ3) is 1.44. The Morgan fingerprint density at radius 2 is 2.38 bits per heavy atom. The Bertz CT molecular complexity index is 401. The van der Waals surface area contributed by atoms with E-state index in [1.807, 2.05) is 11.3 Å². The molecule has 3 nitrogen and oxygen atoms in total. The predicted octanol–water partition coefficient (Wildman–Crippen LogP) is 2.24. The highest BCUT2D eigenvalue weighted by molar-refractivity contribution is 7.12. The van der Waals surface area contributed by atoms with Crippen molar-refractivity contribution in [1.82, 2.24) is 9.88 Å². The zero-order valence-corrected chi connectivity index (χ0v) is 10.8. The second-order valence-corrected chi connectivity index (χ2v) is 6.06. The van der Waals surface area contributed by atoms with Gasteiger partial charge in [0, 0.05) is 23.4 Å². The van der Waals surface area contributed by atoms with E-state index in [1.54, 1.807) is 0 Å². The van der Waals surface area contributed by atoms with Gasteiger partial charge in [-0.05, 0) is 26.3 Å². The summed E-state index contributed by atoms with van der Waals surface area (Å²) in [6.45, 7) is 2.13. The van der Waals surface area contributed by atoms with Crippen LogP contribution in [0, 0.1) is 0 Å². The smallest absolute Gasteiger partial charge is 0.110 e. The molecule has 1 saturated heterocycles. The van der Waals surface area contributed by atoms with Crippen LogP contribution in [0.1, 0.15) is 53.8 Å². The first kappa shape index (κ1) is 10.7. The van der Waals surface area contributed by atoms with E-state index in [-0.39, 0.29) is 6.04 Å². The maximum Gasteiger partial charge on any atom is 0.110 e. The first-order valence-corrected chi connectivity index (χ1v) is 6.99. The average molecular weight is 237 g/mol. The minimum absolute atomic E-state index is 0.138. The summed E-state index contributed by atoms with van der Waals surface area (Å²) in [5, 5.41) is 1.15. The van der Waals surface area contributed by atoms with Crippen LogP contribution in [0.3, 0.4) is 0 Å². The maximum atomic E-state index is 6.07. The van der Waals surface area contributed by atoms with Gasteiger partial charge in [-0.15, -0.1) is 11.3 Å². The molecule has 2 aliphatic heterocycles. The molecule has 3 atom stereocenters. The minimum atomic E-state index is 0.138. The fraction of sp³-hybridized carbons (Fsp3) is 0.750. The van der Waals surface area contributed by atoms with Crippen LogP contribution in [0.2, 0.25) is 0 Å². The molecule has 1 aromatic heterocycles. The average Bonchev–Trinajstić information content (AvgIpc) is 2.80. The van der Waals surface area contributed by atoms with E-state index in [2.05, 4.69) is 18.9 Å². The van der Waals surface area contributed by atoms with Crippen LogP contribution in [0.4, 0.5) is 0 Å². The second-order valence-electron chi connectivity index (χ2n) is 4.99. The molecular weight excluding hydrogens is 218 g/mol. The third-order valence-corrected chi connectivity index (χ3v) is 5.40. The monoisotopic (exact) mass is 237 g/mol. The molecule has 2 bridgehead atoms. The highest BCUT2D eigenvalue weighted by atomic mass is 32.1. The summed E-state index contributed by atoms with van der Waals surface area (Å²) < 4.78 is 0. The number of likely N-dealkylation sites (N-methyl/N-ethyl adjacent to an activating group) is 1. The van der Waals surface area contributed by atoms with Crippen LogP contribution in [0.25, 0.3) is 0 Å². The standard InChI is InChI=1S/C12H19N3S/c1-3-8(13)12-14-9-6-7-4-5-10(15(7)2)11(9)16-12/h7-8,10H,3-6,13H2,1-2H3. The minimum Gasteiger partial charge on any atom is -0.322 e. The Labute approximate surface area is 101 Å². The van der Waals surface area contributed by atoms with Crippen molar-refractivity contribution >= 4 is 11.3 Å². The number of fused-ring (bicyclic) bond motifs is 4. The summed E-state index contributed by atoms with van der Waals surface area (Å²) in [6, 6.07) is 1.49. The molecule has 1 fully saturated rings. The van der Waals surface area contributed by atoms with Crippen LogP contribution in [-0.4, -0.2) is 23.0 Å². The summed E-state index contributed by atoms with van der Waals surface area (Å²) >= 11 is 1.85. The van der Waals surface area contributed by atoms with Crippen molar-refractivity contribution in [3.63, 3.8) is 0 Å². The largest absolute Gasteiger partial charge is 0.322 e. The van der Waals surface area contributed by atoms with Gasteiger partial charge in [0.15, 0.2) is 0 Å². The number of hydrogen-bond acceptors (Lipinski definition) is 4. The van der Waals surface area contributed by atoms with E-state index in [0.29, 0.717) is 6.04 Å². The van der Waals surface area contributed by atoms with Crippen molar-refractivity contribution in [2.75, 3.05) is 7.05 Å². The molecule has 0 aliphatic carbocycles.